The fourth-order valence-electron chi connectivity index (χ4n) is 3.85. The van der Waals surface area contributed by atoms with Gasteiger partial charge in [0, 0.05) is 19.0 Å². The highest BCUT2D eigenvalue weighted by Gasteiger charge is 2.61. The van der Waals surface area contributed by atoms with Gasteiger partial charge < -0.3 is 29.5 Å². The number of carbonyl (C=O) groups is 1. The van der Waals surface area contributed by atoms with Crippen LogP contribution in [0.5, 0.6) is 0 Å². The molecule has 0 aromatic rings. The number of aliphatic hydroxyl groups is 3. The van der Waals surface area contributed by atoms with Gasteiger partial charge in [-0.05, 0) is 19.8 Å². The van der Waals surface area contributed by atoms with E-state index in [-0.39, 0.29) is 31.7 Å². The zero-order chi connectivity index (χ0) is 22.1. The SMILES string of the molecule is CCOCCN(C(=O)N(CCCl)N=O)[C@@]1(O)[C@@H](CO)O[C@H](OC2CCCCC2)[C@@H]1O. The quantitative estimate of drug-likeness (QED) is 0.137. The molecule has 1 saturated heterocycles. The van der Waals surface area contributed by atoms with Gasteiger partial charge in [-0.15, -0.1) is 16.5 Å². The Morgan fingerprint density at radius 2 is 2.00 bits per heavy atom. The fourth-order valence-corrected chi connectivity index (χ4v) is 4.01. The Labute approximate surface area is 180 Å². The molecule has 30 heavy (non-hydrogen) atoms. The van der Waals surface area contributed by atoms with E-state index >= 15 is 0 Å². The van der Waals surface area contributed by atoms with Crippen LogP contribution in [-0.2, 0) is 14.2 Å². The summed E-state index contributed by atoms with van der Waals surface area (Å²) in [7, 11) is 0. The van der Waals surface area contributed by atoms with Gasteiger partial charge in [0.15, 0.2) is 12.4 Å². The van der Waals surface area contributed by atoms with Gasteiger partial charge in [0.05, 0.1) is 31.1 Å². The average molecular weight is 454 g/mol. The minimum atomic E-state index is -2.36. The molecular weight excluding hydrogens is 422 g/mol. The first-order valence-electron chi connectivity index (χ1n) is 10.3. The van der Waals surface area contributed by atoms with Gasteiger partial charge in [0.2, 0.25) is 5.72 Å². The molecule has 0 radical (unpaired) electrons. The molecular formula is C18H32ClN3O8. The van der Waals surface area contributed by atoms with E-state index in [2.05, 4.69) is 5.29 Å². The van der Waals surface area contributed by atoms with Crippen LogP contribution in [0.1, 0.15) is 39.0 Å². The lowest BCUT2D eigenvalue weighted by Gasteiger charge is -2.41. The predicted octanol–water partition coefficient (Wildman–Crippen LogP) is 0.783. The molecule has 4 atom stereocenters. The first-order chi connectivity index (χ1) is 14.4. The van der Waals surface area contributed by atoms with E-state index in [1.807, 2.05) is 0 Å². The largest absolute Gasteiger partial charge is 0.393 e. The van der Waals surface area contributed by atoms with Crippen LogP contribution in [0.4, 0.5) is 4.79 Å². The molecule has 2 rings (SSSR count). The Bertz CT molecular complexity index is 554. The molecule has 0 aromatic heterocycles. The summed E-state index contributed by atoms with van der Waals surface area (Å²) < 4.78 is 16.7. The monoisotopic (exact) mass is 453 g/mol. The van der Waals surface area contributed by atoms with Crippen molar-refractivity contribution in [1.82, 2.24) is 9.91 Å². The van der Waals surface area contributed by atoms with E-state index in [0.29, 0.717) is 11.6 Å². The third-order valence-electron chi connectivity index (χ3n) is 5.45. The summed E-state index contributed by atoms with van der Waals surface area (Å²) in [4.78, 5) is 24.9. The first kappa shape index (κ1) is 25.2. The molecule has 174 valence electrons. The molecule has 1 aliphatic heterocycles. The van der Waals surface area contributed by atoms with Crippen molar-refractivity contribution in [3.05, 3.63) is 4.91 Å². The average Bonchev–Trinajstić information content (AvgIpc) is 3.00. The van der Waals surface area contributed by atoms with E-state index < -0.39 is 36.9 Å². The molecule has 2 amide bonds. The highest BCUT2D eigenvalue weighted by Crippen LogP contribution is 2.37. The van der Waals surface area contributed by atoms with Crippen molar-refractivity contribution < 1.29 is 34.3 Å². The predicted molar refractivity (Wildman–Crippen MR) is 106 cm³/mol. The Balaban J connectivity index is 2.26. The van der Waals surface area contributed by atoms with E-state index in [4.69, 9.17) is 25.8 Å². The van der Waals surface area contributed by atoms with Gasteiger partial charge in [-0.2, -0.15) is 5.01 Å². The Hall–Kier alpha value is -1.08. The van der Waals surface area contributed by atoms with Gasteiger partial charge in [-0.3, -0.25) is 4.90 Å². The number of ether oxygens (including phenoxy) is 3. The van der Waals surface area contributed by atoms with E-state index in [0.717, 1.165) is 37.0 Å². The molecule has 0 spiro atoms. The van der Waals surface area contributed by atoms with Crippen LogP contribution in [0.25, 0.3) is 0 Å². The lowest BCUT2D eigenvalue weighted by Crippen LogP contribution is -2.66. The van der Waals surface area contributed by atoms with E-state index in [1.54, 1.807) is 6.92 Å². The van der Waals surface area contributed by atoms with Crippen LogP contribution in [-0.4, -0.2) is 100 Å². The third kappa shape index (κ3) is 5.58. The first-order valence-corrected chi connectivity index (χ1v) is 10.9. The number of rotatable bonds is 11. The smallest absolute Gasteiger partial charge is 0.345 e. The second-order valence-electron chi connectivity index (χ2n) is 7.32. The van der Waals surface area contributed by atoms with E-state index in [9.17, 15) is 25.0 Å². The van der Waals surface area contributed by atoms with Crippen LogP contribution in [0.2, 0.25) is 0 Å². The summed E-state index contributed by atoms with van der Waals surface area (Å²) in [5.74, 6) is -0.0644. The minimum absolute atomic E-state index is 0.0111. The van der Waals surface area contributed by atoms with Crippen molar-refractivity contribution >= 4 is 17.6 Å². The van der Waals surface area contributed by atoms with Crippen molar-refractivity contribution in [3.63, 3.8) is 0 Å². The highest BCUT2D eigenvalue weighted by atomic mass is 35.5. The summed E-state index contributed by atoms with van der Waals surface area (Å²) in [6.07, 6.45) is 0.201. The summed E-state index contributed by atoms with van der Waals surface area (Å²) in [6, 6.07) is -0.993. The maximum atomic E-state index is 12.9. The lowest BCUT2D eigenvalue weighted by atomic mass is 9.97. The molecule has 12 heteroatoms. The van der Waals surface area contributed by atoms with Gasteiger partial charge in [0.25, 0.3) is 0 Å². The highest BCUT2D eigenvalue weighted by molar-refractivity contribution is 6.18. The summed E-state index contributed by atoms with van der Waals surface area (Å²) in [5, 5.41) is 35.3. The molecule has 0 aromatic carbocycles. The van der Waals surface area contributed by atoms with Gasteiger partial charge in [-0.25, -0.2) is 4.79 Å². The van der Waals surface area contributed by atoms with E-state index in [1.165, 1.54) is 0 Å². The molecule has 3 N–H and O–H groups in total. The summed E-state index contributed by atoms with van der Waals surface area (Å²) in [5.41, 5.74) is -2.36. The Morgan fingerprint density at radius 3 is 2.57 bits per heavy atom. The molecule has 2 fully saturated rings. The zero-order valence-electron chi connectivity index (χ0n) is 17.2. The van der Waals surface area contributed by atoms with Crippen molar-refractivity contribution in [1.29, 1.82) is 0 Å². The number of hydrogen-bond donors (Lipinski definition) is 3. The number of hydrogen-bond acceptors (Lipinski definition) is 9. The number of nitroso groups, excluding NO2 is 1. The standard InChI is InChI=1S/C18H32ClN3O8/c1-2-28-11-10-21(17(25)22(20-27)9-8-19)18(26)14(12-23)30-16(15(18)24)29-13-6-4-3-5-7-13/h13-16,23-24,26H,2-12H2,1H3/t14-,15+,16+,18-/m1/s1. The molecule has 0 bridgehead atoms. The number of alkyl halides is 1. The minimum Gasteiger partial charge on any atom is -0.393 e. The molecule has 0 unspecified atom stereocenters. The van der Waals surface area contributed by atoms with Crippen molar-refractivity contribution in [2.75, 3.05) is 38.8 Å². The number of halogens is 1. The van der Waals surface area contributed by atoms with Crippen molar-refractivity contribution in [2.45, 2.75) is 69.4 Å². The number of carbonyl (C=O) groups excluding carboxylic acids is 1. The molecule has 1 aliphatic carbocycles. The van der Waals surface area contributed by atoms with Crippen molar-refractivity contribution in [2.24, 2.45) is 5.29 Å². The van der Waals surface area contributed by atoms with Crippen LogP contribution in [0, 0.1) is 4.91 Å². The molecule has 1 saturated carbocycles. The number of urea groups is 1. The maximum absolute atomic E-state index is 12.9. The lowest BCUT2D eigenvalue weighted by molar-refractivity contribution is -0.201. The normalized spacial score (nSPS) is 29.7. The number of amides is 2. The Kier molecular flexibility index (Phi) is 10.1. The fraction of sp³-hybridized carbons (Fsp3) is 0.944. The van der Waals surface area contributed by atoms with Gasteiger partial charge in [-0.1, -0.05) is 19.3 Å². The summed E-state index contributed by atoms with van der Waals surface area (Å²) >= 11 is 5.63. The molecule has 2 aliphatic rings. The topological polar surface area (TPSA) is 141 Å². The second kappa shape index (κ2) is 12.1. The van der Waals surface area contributed by atoms with Gasteiger partial charge in [0.1, 0.15) is 6.10 Å². The summed E-state index contributed by atoms with van der Waals surface area (Å²) in [6.45, 7) is 1.04. The maximum Gasteiger partial charge on any atom is 0.345 e. The van der Waals surface area contributed by atoms with Crippen molar-refractivity contribution in [3.8, 4) is 0 Å². The molecule has 11 nitrogen and oxygen atoms in total. The zero-order valence-corrected chi connectivity index (χ0v) is 17.9. The number of aliphatic hydroxyl groups excluding tert-OH is 2. The third-order valence-corrected chi connectivity index (χ3v) is 5.62. The van der Waals surface area contributed by atoms with Gasteiger partial charge >= 0.3 is 6.03 Å². The molecule has 1 heterocycles. The van der Waals surface area contributed by atoms with Crippen LogP contribution in [0.15, 0.2) is 5.29 Å². The van der Waals surface area contributed by atoms with Crippen LogP contribution >= 0.6 is 11.6 Å². The number of nitrogens with zero attached hydrogens (tertiary/aromatic N) is 3. The van der Waals surface area contributed by atoms with Crippen LogP contribution in [0.3, 0.4) is 0 Å². The Morgan fingerprint density at radius 1 is 1.30 bits per heavy atom. The van der Waals surface area contributed by atoms with Crippen LogP contribution < -0.4 is 0 Å². The second-order valence-corrected chi connectivity index (χ2v) is 7.70.